The summed E-state index contributed by atoms with van der Waals surface area (Å²) in [6, 6.07) is 12.2. The van der Waals surface area contributed by atoms with Crippen molar-refractivity contribution in [3.8, 4) is 5.75 Å². The molecule has 7 nitrogen and oxygen atoms in total. The molecular weight excluding hydrogens is 507 g/mol. The fourth-order valence-corrected chi connectivity index (χ4v) is 4.01. The zero-order chi connectivity index (χ0) is 20.6. The largest absolute Gasteiger partial charge is 0.495 e. The zero-order valence-corrected chi connectivity index (χ0v) is 20.5. The number of nitrogens with one attached hydrogen (secondary N) is 1. The van der Waals surface area contributed by atoms with Crippen molar-refractivity contribution in [2.45, 2.75) is 12.8 Å². The summed E-state index contributed by atoms with van der Waals surface area (Å²) in [6.45, 7) is 7.02. The van der Waals surface area contributed by atoms with E-state index in [0.29, 0.717) is 5.92 Å². The molecule has 0 saturated carbocycles. The second kappa shape index (κ2) is 12.2. The molecule has 8 heteroatoms. The van der Waals surface area contributed by atoms with Crippen LogP contribution in [-0.4, -0.2) is 70.5 Å². The SMILES string of the molecule is COc1ccccc1N1CCN(C(=NCC2CCOC2)NCCc2ccco2)CC1.I. The molecule has 1 atom stereocenters. The molecule has 0 bridgehead atoms. The van der Waals surface area contributed by atoms with Crippen LogP contribution < -0.4 is 15.0 Å². The molecule has 2 fully saturated rings. The number of aliphatic imine (C=N–C) groups is 1. The molecule has 1 aromatic heterocycles. The van der Waals surface area contributed by atoms with Gasteiger partial charge in [-0.3, -0.25) is 4.99 Å². The Kier molecular flexibility index (Phi) is 9.32. The first-order valence-electron chi connectivity index (χ1n) is 10.8. The lowest BCUT2D eigenvalue weighted by molar-refractivity contribution is 0.187. The van der Waals surface area contributed by atoms with E-state index in [1.165, 1.54) is 0 Å². The molecule has 1 aromatic carbocycles. The van der Waals surface area contributed by atoms with Crippen LogP contribution in [0, 0.1) is 5.92 Å². The number of halogens is 1. The predicted molar refractivity (Wildman–Crippen MR) is 134 cm³/mol. The lowest BCUT2D eigenvalue weighted by Gasteiger charge is -2.38. The highest BCUT2D eigenvalue weighted by Crippen LogP contribution is 2.28. The predicted octanol–water partition coefficient (Wildman–Crippen LogP) is 3.25. The zero-order valence-electron chi connectivity index (χ0n) is 18.2. The number of anilines is 1. The number of rotatable bonds is 7. The highest BCUT2D eigenvalue weighted by Gasteiger charge is 2.23. The van der Waals surface area contributed by atoms with Gasteiger partial charge in [-0.25, -0.2) is 0 Å². The summed E-state index contributed by atoms with van der Waals surface area (Å²) < 4.78 is 16.5. The number of furan rings is 1. The second-order valence-electron chi connectivity index (χ2n) is 7.80. The van der Waals surface area contributed by atoms with Gasteiger partial charge >= 0.3 is 0 Å². The molecular formula is C23H33IN4O3. The van der Waals surface area contributed by atoms with Crippen LogP contribution in [0.4, 0.5) is 5.69 Å². The molecule has 2 aromatic rings. The van der Waals surface area contributed by atoms with E-state index in [-0.39, 0.29) is 24.0 Å². The lowest BCUT2D eigenvalue weighted by Crippen LogP contribution is -2.53. The van der Waals surface area contributed by atoms with Gasteiger partial charge in [0, 0.05) is 58.2 Å². The Labute approximate surface area is 201 Å². The number of piperazine rings is 1. The average molecular weight is 540 g/mol. The Balaban J connectivity index is 0.00000272. The first-order valence-corrected chi connectivity index (χ1v) is 10.8. The fraction of sp³-hybridized carbons (Fsp3) is 0.522. The van der Waals surface area contributed by atoms with E-state index in [1.54, 1.807) is 13.4 Å². The second-order valence-corrected chi connectivity index (χ2v) is 7.80. The third-order valence-corrected chi connectivity index (χ3v) is 5.76. The molecule has 1 N–H and O–H groups in total. The van der Waals surface area contributed by atoms with Gasteiger partial charge in [0.1, 0.15) is 11.5 Å². The van der Waals surface area contributed by atoms with Crippen LogP contribution in [0.3, 0.4) is 0 Å². The number of hydrogen-bond donors (Lipinski definition) is 1. The van der Waals surface area contributed by atoms with E-state index in [2.05, 4.69) is 27.2 Å². The molecule has 31 heavy (non-hydrogen) atoms. The number of methoxy groups -OCH3 is 1. The van der Waals surface area contributed by atoms with Gasteiger partial charge in [0.2, 0.25) is 0 Å². The average Bonchev–Trinajstić information content (AvgIpc) is 3.50. The minimum Gasteiger partial charge on any atom is -0.495 e. The number of para-hydroxylation sites is 2. The van der Waals surface area contributed by atoms with Gasteiger partial charge in [-0.05, 0) is 30.7 Å². The van der Waals surface area contributed by atoms with E-state index >= 15 is 0 Å². The van der Waals surface area contributed by atoms with Gasteiger partial charge in [0.15, 0.2) is 5.96 Å². The molecule has 4 rings (SSSR count). The van der Waals surface area contributed by atoms with Gasteiger partial charge < -0.3 is 29.0 Å². The van der Waals surface area contributed by atoms with Gasteiger partial charge in [0.25, 0.3) is 0 Å². The summed E-state index contributed by atoms with van der Waals surface area (Å²) >= 11 is 0. The van der Waals surface area contributed by atoms with E-state index in [0.717, 1.165) is 88.5 Å². The molecule has 3 heterocycles. The van der Waals surface area contributed by atoms with E-state index in [4.69, 9.17) is 18.9 Å². The summed E-state index contributed by atoms with van der Waals surface area (Å²) in [7, 11) is 1.73. The number of benzene rings is 1. The van der Waals surface area contributed by atoms with Gasteiger partial charge in [-0.15, -0.1) is 24.0 Å². The van der Waals surface area contributed by atoms with Crippen molar-refractivity contribution in [2.75, 3.05) is 64.5 Å². The van der Waals surface area contributed by atoms with Crippen LogP contribution >= 0.6 is 24.0 Å². The minimum atomic E-state index is 0. The van der Waals surface area contributed by atoms with Crippen LogP contribution in [0.1, 0.15) is 12.2 Å². The first kappa shape index (κ1) is 23.7. The van der Waals surface area contributed by atoms with Crippen molar-refractivity contribution in [2.24, 2.45) is 10.9 Å². The maximum Gasteiger partial charge on any atom is 0.194 e. The molecule has 0 radical (unpaired) electrons. The van der Waals surface area contributed by atoms with Crippen molar-refractivity contribution in [1.82, 2.24) is 10.2 Å². The van der Waals surface area contributed by atoms with Gasteiger partial charge in [-0.1, -0.05) is 12.1 Å². The minimum absolute atomic E-state index is 0. The molecule has 2 aliphatic rings. The Hall–Kier alpha value is -1.94. The maximum absolute atomic E-state index is 5.54. The molecule has 0 spiro atoms. The monoisotopic (exact) mass is 540 g/mol. The number of guanidine groups is 1. The topological polar surface area (TPSA) is 62.5 Å². The third kappa shape index (κ3) is 6.52. The van der Waals surface area contributed by atoms with E-state index in [1.807, 2.05) is 24.3 Å². The fourth-order valence-electron chi connectivity index (χ4n) is 4.01. The van der Waals surface area contributed by atoms with Crippen molar-refractivity contribution in [1.29, 1.82) is 0 Å². The Morgan fingerprint density at radius 3 is 2.71 bits per heavy atom. The van der Waals surface area contributed by atoms with Crippen LogP contribution in [0.25, 0.3) is 0 Å². The summed E-state index contributed by atoms with van der Waals surface area (Å²) in [5.74, 6) is 3.44. The molecule has 2 saturated heterocycles. The highest BCUT2D eigenvalue weighted by molar-refractivity contribution is 14.0. The van der Waals surface area contributed by atoms with Crippen molar-refractivity contribution >= 4 is 35.6 Å². The summed E-state index contributed by atoms with van der Waals surface area (Å²) in [5.41, 5.74) is 1.16. The first-order chi connectivity index (χ1) is 14.8. The molecule has 170 valence electrons. The normalized spacial score (nSPS) is 19.3. The van der Waals surface area contributed by atoms with Gasteiger partial charge in [0.05, 0.1) is 25.7 Å². The van der Waals surface area contributed by atoms with Crippen LogP contribution in [0.2, 0.25) is 0 Å². The van der Waals surface area contributed by atoms with E-state index in [9.17, 15) is 0 Å². The van der Waals surface area contributed by atoms with Crippen LogP contribution in [0.5, 0.6) is 5.75 Å². The summed E-state index contributed by atoms with van der Waals surface area (Å²) in [4.78, 5) is 9.71. The molecule has 0 amide bonds. The molecule has 1 unspecified atom stereocenters. The Bertz CT molecular complexity index is 801. The van der Waals surface area contributed by atoms with E-state index < -0.39 is 0 Å². The van der Waals surface area contributed by atoms with Gasteiger partial charge in [-0.2, -0.15) is 0 Å². The molecule has 0 aliphatic carbocycles. The molecule has 2 aliphatic heterocycles. The Morgan fingerprint density at radius 2 is 2.00 bits per heavy atom. The smallest absolute Gasteiger partial charge is 0.194 e. The lowest BCUT2D eigenvalue weighted by atomic mass is 10.1. The Morgan fingerprint density at radius 1 is 1.16 bits per heavy atom. The van der Waals surface area contributed by atoms with Crippen molar-refractivity contribution < 1.29 is 13.9 Å². The number of hydrogen-bond acceptors (Lipinski definition) is 5. The standard InChI is InChI=1S/C23H32N4O3.HI/c1-28-22-7-3-2-6-21(22)26-11-13-27(14-12-26)23(25-17-19-9-16-29-18-19)24-10-8-20-5-4-15-30-20;/h2-7,15,19H,8-14,16-18H2,1H3,(H,24,25);1H. The highest BCUT2D eigenvalue weighted by atomic mass is 127. The quantitative estimate of drug-likeness (QED) is 0.331. The number of ether oxygens (including phenoxy) is 2. The summed E-state index contributed by atoms with van der Waals surface area (Å²) in [5, 5.41) is 3.56. The van der Waals surface area contributed by atoms with Crippen molar-refractivity contribution in [3.63, 3.8) is 0 Å². The summed E-state index contributed by atoms with van der Waals surface area (Å²) in [6.07, 6.45) is 3.67. The van der Waals surface area contributed by atoms with Crippen LogP contribution in [0.15, 0.2) is 52.1 Å². The third-order valence-electron chi connectivity index (χ3n) is 5.76. The van der Waals surface area contributed by atoms with Crippen LogP contribution in [-0.2, 0) is 11.2 Å². The maximum atomic E-state index is 5.54. The number of nitrogens with zero attached hydrogens (tertiary/aromatic N) is 3. The van der Waals surface area contributed by atoms with Crippen molar-refractivity contribution in [3.05, 3.63) is 48.4 Å².